The van der Waals surface area contributed by atoms with Gasteiger partial charge in [0.05, 0.1) is 24.2 Å². The highest BCUT2D eigenvalue weighted by Gasteiger charge is 2.34. The summed E-state index contributed by atoms with van der Waals surface area (Å²) in [5.41, 5.74) is 0.820. The minimum atomic E-state index is -3.89. The molecule has 0 bridgehead atoms. The van der Waals surface area contributed by atoms with Crippen molar-refractivity contribution in [2.75, 3.05) is 40.5 Å². The lowest BCUT2D eigenvalue weighted by Crippen LogP contribution is -2.43. The second-order valence-electron chi connectivity index (χ2n) is 7.73. The van der Waals surface area contributed by atoms with Gasteiger partial charge in [0, 0.05) is 44.9 Å². The summed E-state index contributed by atoms with van der Waals surface area (Å²) in [5.74, 6) is -0.661. The number of carbonyl (C=O) groups is 2. The maximum Gasteiger partial charge on any atom is 0.339 e. The number of nitrogens with one attached hydrogen (secondary N) is 1. The summed E-state index contributed by atoms with van der Waals surface area (Å²) in [4.78, 5) is 28.7. The molecule has 3 rings (SSSR count). The van der Waals surface area contributed by atoms with Crippen molar-refractivity contribution in [2.45, 2.75) is 24.3 Å². The first-order valence-electron chi connectivity index (χ1n) is 10.9. The summed E-state index contributed by atoms with van der Waals surface area (Å²) in [7, 11) is -1.09. The highest BCUT2D eigenvalue weighted by molar-refractivity contribution is 7.89. The van der Waals surface area contributed by atoms with E-state index < -0.39 is 16.0 Å². The third kappa shape index (κ3) is 6.31. The Balaban J connectivity index is 1.53. The molecular weight excluding hydrogens is 462 g/mol. The van der Waals surface area contributed by atoms with Crippen molar-refractivity contribution in [3.8, 4) is 5.88 Å². The molecule has 1 saturated heterocycles. The third-order valence-electron chi connectivity index (χ3n) is 5.54. The van der Waals surface area contributed by atoms with E-state index in [4.69, 9.17) is 14.2 Å². The molecule has 1 fully saturated rings. The SMILES string of the molecule is COCCOc1ccc(CNC(=O)C2CCN(S(=O)(=O)c3ccccc3C(=O)OC)CC2)cn1. The summed E-state index contributed by atoms with van der Waals surface area (Å²) in [6, 6.07) is 9.51. The first-order valence-corrected chi connectivity index (χ1v) is 12.3. The number of pyridine rings is 1. The van der Waals surface area contributed by atoms with Gasteiger partial charge in [-0.25, -0.2) is 18.2 Å². The Morgan fingerprint density at radius 3 is 2.47 bits per heavy atom. The van der Waals surface area contributed by atoms with Crippen LogP contribution in [0, 0.1) is 5.92 Å². The normalized spacial score (nSPS) is 15.0. The number of rotatable bonds is 10. The maximum atomic E-state index is 13.1. The van der Waals surface area contributed by atoms with E-state index in [1.54, 1.807) is 31.5 Å². The minimum absolute atomic E-state index is 0.00593. The molecule has 0 aliphatic carbocycles. The first kappa shape index (κ1) is 25.6. The topological polar surface area (TPSA) is 124 Å². The fourth-order valence-electron chi connectivity index (χ4n) is 3.63. The van der Waals surface area contributed by atoms with E-state index in [0.717, 1.165) is 5.56 Å². The van der Waals surface area contributed by atoms with Crippen LogP contribution in [0.15, 0.2) is 47.5 Å². The van der Waals surface area contributed by atoms with Gasteiger partial charge in [-0.1, -0.05) is 18.2 Å². The van der Waals surface area contributed by atoms with Crippen LogP contribution in [0.2, 0.25) is 0 Å². The van der Waals surface area contributed by atoms with Crippen LogP contribution in [0.5, 0.6) is 5.88 Å². The number of methoxy groups -OCH3 is 2. The van der Waals surface area contributed by atoms with Crippen LogP contribution in [0.1, 0.15) is 28.8 Å². The molecule has 0 saturated carbocycles. The van der Waals surface area contributed by atoms with Gasteiger partial charge in [-0.05, 0) is 30.5 Å². The Morgan fingerprint density at radius 2 is 1.82 bits per heavy atom. The number of hydrogen-bond acceptors (Lipinski definition) is 8. The molecule has 2 aromatic rings. The van der Waals surface area contributed by atoms with Gasteiger partial charge in [-0.2, -0.15) is 4.31 Å². The van der Waals surface area contributed by atoms with Gasteiger partial charge in [-0.3, -0.25) is 4.79 Å². The monoisotopic (exact) mass is 491 g/mol. The second-order valence-corrected chi connectivity index (χ2v) is 9.64. The quantitative estimate of drug-likeness (QED) is 0.393. The fourth-order valence-corrected chi connectivity index (χ4v) is 5.28. The number of nitrogens with zero attached hydrogens (tertiary/aromatic N) is 2. The van der Waals surface area contributed by atoms with Gasteiger partial charge in [0.15, 0.2) is 0 Å². The predicted molar refractivity (Wildman–Crippen MR) is 123 cm³/mol. The molecule has 0 radical (unpaired) electrons. The highest BCUT2D eigenvalue weighted by Crippen LogP contribution is 2.26. The fraction of sp³-hybridized carbons (Fsp3) is 0.435. The zero-order valence-electron chi connectivity index (χ0n) is 19.2. The van der Waals surface area contributed by atoms with Gasteiger partial charge in [0.25, 0.3) is 0 Å². The van der Waals surface area contributed by atoms with Crippen molar-refractivity contribution in [3.05, 3.63) is 53.7 Å². The molecule has 1 aliphatic heterocycles. The molecule has 1 aliphatic rings. The van der Waals surface area contributed by atoms with Crippen LogP contribution >= 0.6 is 0 Å². The molecule has 1 N–H and O–H groups in total. The van der Waals surface area contributed by atoms with Crippen LogP contribution in [0.3, 0.4) is 0 Å². The Kier molecular flexibility index (Phi) is 8.97. The van der Waals surface area contributed by atoms with Gasteiger partial charge >= 0.3 is 5.97 Å². The van der Waals surface area contributed by atoms with Crippen molar-refractivity contribution in [2.24, 2.45) is 5.92 Å². The molecule has 0 spiro atoms. The van der Waals surface area contributed by atoms with Crippen LogP contribution in [-0.4, -0.2) is 70.1 Å². The highest BCUT2D eigenvalue weighted by atomic mass is 32.2. The zero-order valence-corrected chi connectivity index (χ0v) is 20.0. The summed E-state index contributed by atoms with van der Waals surface area (Å²) in [6.45, 7) is 1.56. The average molecular weight is 492 g/mol. The third-order valence-corrected chi connectivity index (χ3v) is 7.49. The van der Waals surface area contributed by atoms with E-state index >= 15 is 0 Å². The molecule has 10 nitrogen and oxygen atoms in total. The largest absolute Gasteiger partial charge is 0.475 e. The van der Waals surface area contributed by atoms with Crippen LogP contribution in [0.25, 0.3) is 0 Å². The zero-order chi connectivity index (χ0) is 24.6. The Bertz CT molecular complexity index is 1080. The lowest BCUT2D eigenvalue weighted by atomic mass is 9.97. The number of ether oxygens (including phenoxy) is 3. The lowest BCUT2D eigenvalue weighted by molar-refractivity contribution is -0.126. The molecule has 1 amide bonds. The predicted octanol–water partition coefficient (Wildman–Crippen LogP) is 1.61. The molecular formula is C23H29N3O7S. The van der Waals surface area contributed by atoms with Crippen LogP contribution in [0.4, 0.5) is 0 Å². The Hall–Kier alpha value is -3.02. The Labute approximate surface area is 199 Å². The molecule has 2 heterocycles. The van der Waals surface area contributed by atoms with Gasteiger partial charge in [0.2, 0.25) is 21.8 Å². The molecule has 184 valence electrons. The molecule has 0 atom stereocenters. The maximum absolute atomic E-state index is 13.1. The number of amides is 1. The molecule has 0 unspecified atom stereocenters. The van der Waals surface area contributed by atoms with Gasteiger partial charge < -0.3 is 19.5 Å². The summed E-state index contributed by atoms with van der Waals surface area (Å²) < 4.78 is 42.6. The van der Waals surface area contributed by atoms with Gasteiger partial charge in [0.1, 0.15) is 6.61 Å². The van der Waals surface area contributed by atoms with Crippen molar-refractivity contribution in [1.29, 1.82) is 0 Å². The van der Waals surface area contributed by atoms with Crippen molar-refractivity contribution < 1.29 is 32.2 Å². The molecule has 1 aromatic heterocycles. The molecule has 11 heteroatoms. The lowest BCUT2D eigenvalue weighted by Gasteiger charge is -2.31. The van der Waals surface area contributed by atoms with Gasteiger partial charge in [-0.15, -0.1) is 0 Å². The number of piperidine rings is 1. The van der Waals surface area contributed by atoms with Crippen molar-refractivity contribution in [1.82, 2.24) is 14.6 Å². The Morgan fingerprint density at radius 1 is 1.09 bits per heavy atom. The number of carbonyl (C=O) groups excluding carboxylic acids is 2. The van der Waals surface area contributed by atoms with Crippen LogP contribution in [-0.2, 0) is 30.8 Å². The number of sulfonamides is 1. The van der Waals surface area contributed by atoms with Crippen molar-refractivity contribution >= 4 is 21.9 Å². The number of esters is 1. The number of benzene rings is 1. The standard InChI is InChI=1S/C23H29N3O7S/c1-31-13-14-33-21-8-7-17(15-24-21)16-25-22(27)18-9-11-26(12-10-18)34(29,30)20-6-4-3-5-19(20)23(28)32-2/h3-8,15,18H,9-14,16H2,1-2H3,(H,25,27). The van der Waals surface area contributed by atoms with E-state index in [0.29, 0.717) is 38.5 Å². The second kappa shape index (κ2) is 11.9. The molecule has 34 heavy (non-hydrogen) atoms. The summed E-state index contributed by atoms with van der Waals surface area (Å²) in [5, 5.41) is 2.89. The smallest absolute Gasteiger partial charge is 0.339 e. The van der Waals surface area contributed by atoms with E-state index in [2.05, 4.69) is 10.3 Å². The summed E-state index contributed by atoms with van der Waals surface area (Å²) in [6.07, 6.45) is 2.41. The van der Waals surface area contributed by atoms with Crippen LogP contribution < -0.4 is 10.1 Å². The number of hydrogen-bond donors (Lipinski definition) is 1. The van der Waals surface area contributed by atoms with E-state index in [1.165, 1.54) is 23.5 Å². The molecule has 1 aromatic carbocycles. The first-order chi connectivity index (χ1) is 16.4. The van der Waals surface area contributed by atoms with E-state index in [9.17, 15) is 18.0 Å². The average Bonchev–Trinajstić information content (AvgIpc) is 2.87. The number of aromatic nitrogens is 1. The van der Waals surface area contributed by atoms with E-state index in [1.807, 2.05) is 6.07 Å². The van der Waals surface area contributed by atoms with E-state index in [-0.39, 0.29) is 35.4 Å². The summed E-state index contributed by atoms with van der Waals surface area (Å²) >= 11 is 0. The minimum Gasteiger partial charge on any atom is -0.475 e. The van der Waals surface area contributed by atoms with Crippen molar-refractivity contribution in [3.63, 3.8) is 0 Å².